The number of ether oxygens (including phenoxy) is 2. The Morgan fingerprint density at radius 2 is 2.38 bits per heavy atom. The van der Waals surface area contributed by atoms with Crippen LogP contribution < -0.4 is 0 Å². The van der Waals surface area contributed by atoms with Gasteiger partial charge in [-0.25, -0.2) is 4.99 Å². The second-order valence-corrected chi connectivity index (χ2v) is 6.92. The molecule has 2 rings (SSSR count). The first kappa shape index (κ1) is 16.6. The summed E-state index contributed by atoms with van der Waals surface area (Å²) in [5.41, 5.74) is 0.145. The fraction of sp³-hybridized carbons (Fsp3) is 0.800. The van der Waals surface area contributed by atoms with Crippen molar-refractivity contribution in [1.82, 2.24) is 9.80 Å². The van der Waals surface area contributed by atoms with Gasteiger partial charge in [0.15, 0.2) is 0 Å². The van der Waals surface area contributed by atoms with Crippen LogP contribution >= 0.6 is 11.8 Å². The van der Waals surface area contributed by atoms with E-state index in [1.165, 1.54) is 0 Å². The number of nitrogens with zero attached hydrogens (tertiary/aromatic N) is 3. The van der Waals surface area contributed by atoms with Gasteiger partial charge in [-0.15, -0.1) is 11.8 Å². The van der Waals surface area contributed by atoms with Gasteiger partial charge in [-0.2, -0.15) is 0 Å². The second-order valence-electron chi connectivity index (χ2n) is 5.73. The quantitative estimate of drug-likeness (QED) is 0.751. The van der Waals surface area contributed by atoms with Crippen LogP contribution in [0.1, 0.15) is 20.8 Å². The summed E-state index contributed by atoms with van der Waals surface area (Å²) in [5.74, 6) is 2.69. The fourth-order valence-electron chi connectivity index (χ4n) is 2.48. The average molecular weight is 313 g/mol. The number of amidine groups is 1. The van der Waals surface area contributed by atoms with Crippen molar-refractivity contribution >= 4 is 17.6 Å². The summed E-state index contributed by atoms with van der Waals surface area (Å²) in [6, 6.07) is 0. The molecule has 0 unspecified atom stereocenters. The van der Waals surface area contributed by atoms with Gasteiger partial charge in [-0.3, -0.25) is 0 Å². The summed E-state index contributed by atoms with van der Waals surface area (Å²) in [6.07, 6.45) is 4.33. The maximum atomic E-state index is 5.96. The van der Waals surface area contributed by atoms with Crippen LogP contribution in [0.25, 0.3) is 0 Å². The lowest BCUT2D eigenvalue weighted by molar-refractivity contribution is -0.0414. The summed E-state index contributed by atoms with van der Waals surface area (Å²) in [6.45, 7) is 10.0. The van der Waals surface area contributed by atoms with Crippen molar-refractivity contribution in [3.05, 3.63) is 12.3 Å². The molecule has 1 fully saturated rings. The van der Waals surface area contributed by atoms with Crippen molar-refractivity contribution in [1.29, 1.82) is 0 Å². The minimum Gasteiger partial charge on any atom is -0.381 e. The van der Waals surface area contributed by atoms with Crippen LogP contribution in [0.4, 0.5) is 0 Å². The lowest BCUT2D eigenvalue weighted by Crippen LogP contribution is -2.39. The highest BCUT2D eigenvalue weighted by Crippen LogP contribution is 2.28. The SMILES string of the molecule is CCN(CC(C)C)C1=NCN([C@H]2CS[C@@H](COC)O2)C=C1. The molecule has 0 N–H and O–H groups in total. The third kappa shape index (κ3) is 4.63. The van der Waals surface area contributed by atoms with E-state index >= 15 is 0 Å². The van der Waals surface area contributed by atoms with E-state index in [-0.39, 0.29) is 11.7 Å². The number of likely N-dealkylation sites (N-methyl/N-ethyl adjacent to an activating group) is 1. The number of hydrogen-bond acceptors (Lipinski definition) is 6. The Kier molecular flexibility index (Phi) is 6.39. The third-order valence-corrected chi connectivity index (χ3v) is 4.61. The van der Waals surface area contributed by atoms with Crippen LogP contribution in [-0.4, -0.2) is 66.5 Å². The van der Waals surface area contributed by atoms with Gasteiger partial charge < -0.3 is 19.3 Å². The average Bonchev–Trinajstić information content (AvgIpc) is 2.94. The van der Waals surface area contributed by atoms with Gasteiger partial charge in [0.05, 0.1) is 6.61 Å². The van der Waals surface area contributed by atoms with Gasteiger partial charge in [-0.05, 0) is 18.9 Å². The van der Waals surface area contributed by atoms with Crippen molar-refractivity contribution in [3.8, 4) is 0 Å². The number of rotatable bonds is 6. The van der Waals surface area contributed by atoms with E-state index in [2.05, 4.69) is 42.8 Å². The number of thioether (sulfide) groups is 1. The minimum atomic E-state index is 0.108. The third-order valence-electron chi connectivity index (χ3n) is 3.51. The van der Waals surface area contributed by atoms with Crippen molar-refractivity contribution < 1.29 is 9.47 Å². The van der Waals surface area contributed by atoms with Crippen LogP contribution in [0.15, 0.2) is 17.3 Å². The molecule has 0 bridgehead atoms. The summed E-state index contributed by atoms with van der Waals surface area (Å²) >= 11 is 1.81. The summed E-state index contributed by atoms with van der Waals surface area (Å²) < 4.78 is 11.1. The molecule has 2 atom stereocenters. The smallest absolute Gasteiger partial charge is 0.142 e. The Balaban J connectivity index is 1.86. The maximum absolute atomic E-state index is 5.96. The van der Waals surface area contributed by atoms with E-state index in [1.807, 2.05) is 11.8 Å². The summed E-state index contributed by atoms with van der Waals surface area (Å²) in [7, 11) is 1.71. The molecular weight excluding hydrogens is 286 g/mol. The molecule has 5 nitrogen and oxygen atoms in total. The first-order valence-corrected chi connectivity index (χ1v) is 8.68. The largest absolute Gasteiger partial charge is 0.381 e. The molecule has 120 valence electrons. The highest BCUT2D eigenvalue weighted by Gasteiger charge is 2.30. The van der Waals surface area contributed by atoms with Gasteiger partial charge in [0.2, 0.25) is 0 Å². The first-order valence-electron chi connectivity index (χ1n) is 7.63. The Morgan fingerprint density at radius 1 is 1.57 bits per heavy atom. The lowest BCUT2D eigenvalue weighted by atomic mass is 10.2. The Labute approximate surface area is 132 Å². The van der Waals surface area contributed by atoms with Gasteiger partial charge in [0.25, 0.3) is 0 Å². The number of aliphatic imine (C=N–C) groups is 1. The van der Waals surface area contributed by atoms with E-state index in [0.717, 1.165) is 24.7 Å². The molecule has 0 aromatic heterocycles. The van der Waals surface area contributed by atoms with Crippen LogP contribution in [-0.2, 0) is 9.47 Å². The monoisotopic (exact) mass is 313 g/mol. The first-order chi connectivity index (χ1) is 10.1. The van der Waals surface area contributed by atoms with Crippen molar-refractivity contribution in [2.75, 3.05) is 39.2 Å². The molecule has 0 spiro atoms. The summed E-state index contributed by atoms with van der Waals surface area (Å²) in [4.78, 5) is 9.20. The van der Waals surface area contributed by atoms with Crippen LogP contribution in [0.2, 0.25) is 0 Å². The van der Waals surface area contributed by atoms with E-state index in [0.29, 0.717) is 19.2 Å². The summed E-state index contributed by atoms with van der Waals surface area (Å²) in [5, 5.41) is 0. The van der Waals surface area contributed by atoms with Crippen molar-refractivity contribution in [3.63, 3.8) is 0 Å². The molecule has 1 saturated heterocycles. The Bertz CT molecular complexity index is 387. The van der Waals surface area contributed by atoms with Crippen molar-refractivity contribution in [2.45, 2.75) is 32.4 Å². The zero-order valence-corrected chi connectivity index (χ0v) is 14.3. The molecule has 6 heteroatoms. The molecule has 0 radical (unpaired) electrons. The predicted molar refractivity (Wildman–Crippen MR) is 88.4 cm³/mol. The molecule has 2 aliphatic heterocycles. The van der Waals surface area contributed by atoms with E-state index in [9.17, 15) is 0 Å². The standard InChI is InChI=1S/C15H27N3O2S/c1-5-17(8-12(2)3)13-6-7-18(11-16-13)14-10-21-15(20-14)9-19-4/h6-7,12,14-15H,5,8-11H2,1-4H3/t14-,15+/m1/s1. The van der Waals surface area contributed by atoms with Crippen LogP contribution in [0, 0.1) is 5.92 Å². The van der Waals surface area contributed by atoms with Gasteiger partial charge in [-0.1, -0.05) is 13.8 Å². The van der Waals surface area contributed by atoms with Gasteiger partial charge >= 0.3 is 0 Å². The maximum Gasteiger partial charge on any atom is 0.142 e. The molecule has 0 aliphatic carbocycles. The van der Waals surface area contributed by atoms with E-state index in [4.69, 9.17) is 14.5 Å². The zero-order valence-electron chi connectivity index (χ0n) is 13.5. The molecule has 0 aromatic carbocycles. The normalized spacial score (nSPS) is 25.6. The highest BCUT2D eigenvalue weighted by atomic mass is 32.2. The topological polar surface area (TPSA) is 37.3 Å². The van der Waals surface area contributed by atoms with Crippen molar-refractivity contribution in [2.24, 2.45) is 10.9 Å². The molecule has 21 heavy (non-hydrogen) atoms. The van der Waals surface area contributed by atoms with Gasteiger partial charge in [0.1, 0.15) is 24.2 Å². The van der Waals surface area contributed by atoms with E-state index in [1.54, 1.807) is 7.11 Å². The van der Waals surface area contributed by atoms with E-state index < -0.39 is 0 Å². The molecule has 2 aliphatic rings. The van der Waals surface area contributed by atoms with Crippen LogP contribution in [0.3, 0.4) is 0 Å². The lowest BCUT2D eigenvalue weighted by Gasteiger charge is -2.31. The molecular formula is C15H27N3O2S. The fourth-order valence-corrected chi connectivity index (χ4v) is 3.56. The minimum absolute atomic E-state index is 0.108. The second kappa shape index (κ2) is 8.06. The molecule has 0 aromatic rings. The van der Waals surface area contributed by atoms with Crippen LogP contribution in [0.5, 0.6) is 0 Å². The molecule has 0 saturated carbocycles. The Hall–Kier alpha value is -0.720. The molecule has 2 heterocycles. The zero-order chi connectivity index (χ0) is 15.2. The molecule has 0 amide bonds. The number of methoxy groups -OCH3 is 1. The Morgan fingerprint density at radius 3 is 2.95 bits per heavy atom. The number of hydrogen-bond donors (Lipinski definition) is 0. The predicted octanol–water partition coefficient (Wildman–Crippen LogP) is 2.21. The van der Waals surface area contributed by atoms with Gasteiger partial charge in [0, 0.05) is 32.2 Å². The highest BCUT2D eigenvalue weighted by molar-refractivity contribution is 8.00.